The van der Waals surface area contributed by atoms with Gasteiger partial charge in [0.25, 0.3) is 0 Å². The van der Waals surface area contributed by atoms with E-state index in [9.17, 15) is 9.59 Å². The fourth-order valence-electron chi connectivity index (χ4n) is 3.59. The minimum Gasteiger partial charge on any atom is -0.325 e. The predicted molar refractivity (Wildman–Crippen MR) is 102 cm³/mol. The zero-order chi connectivity index (χ0) is 17.6. The molecular weight excluding hydrogens is 380 g/mol. The van der Waals surface area contributed by atoms with E-state index >= 15 is 0 Å². The van der Waals surface area contributed by atoms with Crippen LogP contribution in [-0.2, 0) is 16.0 Å². The molecule has 0 radical (unpaired) electrons. The summed E-state index contributed by atoms with van der Waals surface area (Å²) in [6, 6.07) is 15.5. The molecule has 2 amide bonds. The van der Waals surface area contributed by atoms with Crippen LogP contribution in [0.4, 0.5) is 11.4 Å². The van der Waals surface area contributed by atoms with E-state index in [2.05, 4.69) is 27.3 Å². The number of halogens is 1. The fraction of sp³-hybridized carbons (Fsp3) is 0.300. The quantitative estimate of drug-likeness (QED) is 0.789. The summed E-state index contributed by atoms with van der Waals surface area (Å²) in [5.41, 5.74) is 1.90. The Morgan fingerprint density at radius 3 is 2.64 bits per heavy atom. The number of para-hydroxylation sites is 1. The van der Waals surface area contributed by atoms with Gasteiger partial charge < -0.3 is 10.2 Å². The minimum atomic E-state index is -0.923. The second kappa shape index (κ2) is 5.99. The number of fused-ring (bicyclic) bond motifs is 1. The lowest BCUT2D eigenvalue weighted by atomic mass is 10.0. The van der Waals surface area contributed by atoms with Crippen LogP contribution in [0.1, 0.15) is 25.3 Å². The highest BCUT2D eigenvalue weighted by molar-refractivity contribution is 9.10. The first kappa shape index (κ1) is 16.3. The number of rotatable bonds is 3. The largest absolute Gasteiger partial charge is 0.325 e. The van der Waals surface area contributed by atoms with Crippen molar-refractivity contribution in [3.63, 3.8) is 0 Å². The third-order valence-corrected chi connectivity index (χ3v) is 5.60. The SMILES string of the molecule is CC1Cc2ccccc2N1C(=O)C1(C(=O)Nc2cccc(Br)c2)CC1. The number of hydrogen-bond donors (Lipinski definition) is 1. The molecule has 25 heavy (non-hydrogen) atoms. The van der Waals surface area contributed by atoms with Crippen molar-refractivity contribution >= 4 is 39.1 Å². The highest BCUT2D eigenvalue weighted by Gasteiger charge is 2.59. The van der Waals surface area contributed by atoms with E-state index in [4.69, 9.17) is 0 Å². The van der Waals surface area contributed by atoms with Gasteiger partial charge in [0.15, 0.2) is 0 Å². The Morgan fingerprint density at radius 2 is 1.92 bits per heavy atom. The molecule has 2 aromatic carbocycles. The summed E-state index contributed by atoms with van der Waals surface area (Å²) in [5, 5.41) is 2.91. The van der Waals surface area contributed by atoms with Crippen LogP contribution >= 0.6 is 15.9 Å². The third-order valence-electron chi connectivity index (χ3n) is 5.10. The Morgan fingerprint density at radius 1 is 1.16 bits per heavy atom. The second-order valence-electron chi connectivity index (χ2n) is 6.90. The first-order chi connectivity index (χ1) is 12.0. The smallest absolute Gasteiger partial charge is 0.242 e. The predicted octanol–water partition coefficient (Wildman–Crippen LogP) is 4.15. The van der Waals surface area contributed by atoms with Gasteiger partial charge in [-0.1, -0.05) is 40.2 Å². The van der Waals surface area contributed by atoms with Gasteiger partial charge >= 0.3 is 0 Å². The molecule has 1 unspecified atom stereocenters. The van der Waals surface area contributed by atoms with Gasteiger partial charge in [-0.15, -0.1) is 0 Å². The number of carbonyl (C=O) groups excluding carboxylic acids is 2. The van der Waals surface area contributed by atoms with Crippen molar-refractivity contribution in [2.45, 2.75) is 32.2 Å². The summed E-state index contributed by atoms with van der Waals surface area (Å²) in [4.78, 5) is 27.9. The number of benzene rings is 2. The van der Waals surface area contributed by atoms with Crippen molar-refractivity contribution in [1.29, 1.82) is 0 Å². The molecule has 4 nitrogen and oxygen atoms in total. The average molecular weight is 399 g/mol. The monoisotopic (exact) mass is 398 g/mol. The van der Waals surface area contributed by atoms with Crippen LogP contribution in [0, 0.1) is 5.41 Å². The van der Waals surface area contributed by atoms with Gasteiger partial charge in [0.2, 0.25) is 11.8 Å². The maximum absolute atomic E-state index is 13.3. The van der Waals surface area contributed by atoms with Crippen molar-refractivity contribution < 1.29 is 9.59 Å². The van der Waals surface area contributed by atoms with Gasteiger partial charge in [-0.2, -0.15) is 0 Å². The molecule has 5 heteroatoms. The van der Waals surface area contributed by atoms with E-state index in [0.29, 0.717) is 18.5 Å². The number of nitrogens with zero attached hydrogens (tertiary/aromatic N) is 1. The lowest BCUT2D eigenvalue weighted by Crippen LogP contribution is -2.45. The van der Waals surface area contributed by atoms with Crippen molar-refractivity contribution in [3.8, 4) is 0 Å². The van der Waals surface area contributed by atoms with Crippen LogP contribution in [-0.4, -0.2) is 17.9 Å². The maximum atomic E-state index is 13.3. The highest BCUT2D eigenvalue weighted by atomic mass is 79.9. The first-order valence-electron chi connectivity index (χ1n) is 8.50. The second-order valence-corrected chi connectivity index (χ2v) is 7.82. The molecule has 0 bridgehead atoms. The zero-order valence-electron chi connectivity index (χ0n) is 14.0. The van der Waals surface area contributed by atoms with E-state index in [1.54, 1.807) is 0 Å². The number of anilines is 2. The van der Waals surface area contributed by atoms with Gasteiger partial charge in [0.1, 0.15) is 5.41 Å². The summed E-state index contributed by atoms with van der Waals surface area (Å²) in [6.07, 6.45) is 2.05. The third kappa shape index (κ3) is 2.76. The molecule has 1 saturated carbocycles. The molecule has 0 saturated heterocycles. The van der Waals surface area contributed by atoms with E-state index in [-0.39, 0.29) is 17.9 Å². The molecule has 1 heterocycles. The number of hydrogen-bond acceptors (Lipinski definition) is 2. The van der Waals surface area contributed by atoms with Crippen molar-refractivity contribution in [2.24, 2.45) is 5.41 Å². The van der Waals surface area contributed by atoms with Gasteiger partial charge in [0, 0.05) is 21.9 Å². The van der Waals surface area contributed by atoms with Crippen LogP contribution in [0.2, 0.25) is 0 Å². The molecule has 2 aliphatic rings. The number of amides is 2. The lowest BCUT2D eigenvalue weighted by molar-refractivity contribution is -0.132. The number of nitrogens with one attached hydrogen (secondary N) is 1. The zero-order valence-corrected chi connectivity index (χ0v) is 15.5. The summed E-state index contributed by atoms with van der Waals surface area (Å²) >= 11 is 3.40. The van der Waals surface area contributed by atoms with Gasteiger partial charge in [-0.3, -0.25) is 9.59 Å². The lowest BCUT2D eigenvalue weighted by Gasteiger charge is -2.27. The summed E-state index contributed by atoms with van der Waals surface area (Å²) < 4.78 is 0.892. The molecule has 1 aliphatic heterocycles. The Hall–Kier alpha value is -2.14. The number of carbonyl (C=O) groups is 2. The van der Waals surface area contributed by atoms with Crippen LogP contribution in [0.5, 0.6) is 0 Å². The van der Waals surface area contributed by atoms with Crippen molar-refractivity contribution in [2.75, 3.05) is 10.2 Å². The van der Waals surface area contributed by atoms with Crippen molar-refractivity contribution in [1.82, 2.24) is 0 Å². The Bertz CT molecular complexity index is 860. The molecule has 4 rings (SSSR count). The van der Waals surface area contributed by atoms with E-state index in [1.807, 2.05) is 54.3 Å². The highest BCUT2D eigenvalue weighted by Crippen LogP contribution is 2.50. The maximum Gasteiger partial charge on any atom is 0.242 e. The van der Waals surface area contributed by atoms with E-state index < -0.39 is 5.41 Å². The topological polar surface area (TPSA) is 49.4 Å². The standard InChI is InChI=1S/C20H19BrN2O2/c1-13-11-14-5-2-3-8-17(14)23(13)19(25)20(9-10-20)18(24)22-16-7-4-6-15(21)12-16/h2-8,12-13H,9-11H2,1H3,(H,22,24). The molecule has 1 fully saturated rings. The Kier molecular flexibility index (Phi) is 3.91. The van der Waals surface area contributed by atoms with E-state index in [0.717, 1.165) is 16.6 Å². The minimum absolute atomic E-state index is 0.0718. The van der Waals surface area contributed by atoms with Crippen LogP contribution in [0.3, 0.4) is 0 Å². The molecule has 2 aromatic rings. The molecule has 128 valence electrons. The van der Waals surface area contributed by atoms with E-state index in [1.165, 1.54) is 5.56 Å². The molecule has 0 aromatic heterocycles. The fourth-order valence-corrected chi connectivity index (χ4v) is 3.98. The normalized spacial score (nSPS) is 20.1. The molecule has 1 N–H and O–H groups in total. The average Bonchev–Trinajstić information content (AvgIpc) is 3.32. The van der Waals surface area contributed by atoms with Crippen LogP contribution < -0.4 is 10.2 Å². The first-order valence-corrected chi connectivity index (χ1v) is 9.29. The molecule has 0 spiro atoms. The summed E-state index contributed by atoms with van der Waals surface area (Å²) in [7, 11) is 0. The van der Waals surface area contributed by atoms with Gasteiger partial charge in [-0.05, 0) is 56.0 Å². The Labute approximate surface area is 155 Å². The molecular formula is C20H19BrN2O2. The molecule has 1 aliphatic carbocycles. The summed E-state index contributed by atoms with van der Waals surface area (Å²) in [6.45, 7) is 2.04. The summed E-state index contributed by atoms with van der Waals surface area (Å²) in [5.74, 6) is -0.273. The van der Waals surface area contributed by atoms with Gasteiger partial charge in [0.05, 0.1) is 0 Å². The van der Waals surface area contributed by atoms with Crippen molar-refractivity contribution in [3.05, 3.63) is 58.6 Å². The molecule has 1 atom stereocenters. The van der Waals surface area contributed by atoms with Gasteiger partial charge in [-0.25, -0.2) is 0 Å². The van der Waals surface area contributed by atoms with Crippen LogP contribution in [0.15, 0.2) is 53.0 Å². The van der Waals surface area contributed by atoms with Crippen LogP contribution in [0.25, 0.3) is 0 Å². The Balaban J connectivity index is 1.58.